The molecule has 2 rings (SSSR count). The van der Waals surface area contributed by atoms with E-state index in [0.29, 0.717) is 28.1 Å². The quantitative estimate of drug-likeness (QED) is 0.423. The van der Waals surface area contributed by atoms with Gasteiger partial charge in [-0.1, -0.05) is 6.08 Å². The molecular formula is C21H20BrF2NO4. The minimum Gasteiger partial charge on any atom is -0.490 e. The average molecular weight is 468 g/mol. The topological polar surface area (TPSA) is 55.8 Å². The van der Waals surface area contributed by atoms with Gasteiger partial charge in [-0.05, 0) is 64.8 Å². The van der Waals surface area contributed by atoms with Gasteiger partial charge in [0.05, 0.1) is 11.1 Å². The van der Waals surface area contributed by atoms with Crippen molar-refractivity contribution in [2.45, 2.75) is 6.92 Å². The first kappa shape index (κ1) is 22.5. The molecule has 5 nitrogen and oxygen atoms in total. The Hall–Kier alpha value is -2.74. The predicted molar refractivity (Wildman–Crippen MR) is 109 cm³/mol. The lowest BCUT2D eigenvalue weighted by molar-refractivity contribution is -0.130. The summed E-state index contributed by atoms with van der Waals surface area (Å²) < 4.78 is 38.0. The first-order valence-electron chi connectivity index (χ1n) is 8.69. The van der Waals surface area contributed by atoms with Crippen molar-refractivity contribution in [3.05, 3.63) is 63.6 Å². The van der Waals surface area contributed by atoms with Crippen LogP contribution in [0.5, 0.6) is 11.5 Å². The second kappa shape index (κ2) is 10.2. The van der Waals surface area contributed by atoms with Crippen LogP contribution in [0.4, 0.5) is 8.78 Å². The second-order valence-corrected chi connectivity index (χ2v) is 7.02. The van der Waals surface area contributed by atoms with Crippen LogP contribution < -0.4 is 9.47 Å². The largest absolute Gasteiger partial charge is 0.490 e. The summed E-state index contributed by atoms with van der Waals surface area (Å²) in [6, 6.07) is 6.31. The molecule has 0 aliphatic rings. The van der Waals surface area contributed by atoms with Crippen LogP contribution in [0, 0.1) is 11.6 Å². The van der Waals surface area contributed by atoms with Gasteiger partial charge in [0, 0.05) is 19.7 Å². The maximum atomic E-state index is 13.3. The molecule has 0 aliphatic heterocycles. The number of carbonyl (C=O) groups excluding carboxylic acids is 2. The molecule has 0 N–H and O–H groups in total. The number of benzene rings is 2. The Morgan fingerprint density at radius 2 is 1.83 bits per heavy atom. The molecule has 29 heavy (non-hydrogen) atoms. The van der Waals surface area contributed by atoms with Gasteiger partial charge >= 0.3 is 0 Å². The third-order valence-corrected chi connectivity index (χ3v) is 4.39. The summed E-state index contributed by atoms with van der Waals surface area (Å²) in [4.78, 5) is 25.4. The Bertz CT molecular complexity index is 945. The molecule has 0 aliphatic carbocycles. The molecule has 0 atom stereocenters. The van der Waals surface area contributed by atoms with E-state index in [4.69, 9.17) is 9.47 Å². The van der Waals surface area contributed by atoms with Crippen molar-refractivity contribution in [2.24, 2.45) is 0 Å². The number of nitrogens with zero attached hydrogens (tertiary/aromatic N) is 1. The average Bonchev–Trinajstić information content (AvgIpc) is 2.67. The van der Waals surface area contributed by atoms with Crippen LogP contribution in [0.1, 0.15) is 22.8 Å². The molecule has 0 bridgehead atoms. The minimum atomic E-state index is -1.08. The molecule has 0 fully saturated rings. The number of halogens is 3. The van der Waals surface area contributed by atoms with E-state index in [9.17, 15) is 18.4 Å². The summed E-state index contributed by atoms with van der Waals surface area (Å²) in [6.45, 7) is 2.01. The molecule has 0 spiro atoms. The van der Waals surface area contributed by atoms with E-state index in [2.05, 4.69) is 15.9 Å². The predicted octanol–water partition coefficient (Wildman–Crippen LogP) is 4.49. The summed E-state index contributed by atoms with van der Waals surface area (Å²) in [5.41, 5.74) is 0.647. The SMILES string of the molecule is CCOc1cc(C=CC(=O)c2ccc(F)c(F)c2)cc(Br)c1OCC(=O)N(C)C. The minimum absolute atomic E-state index is 0.0337. The molecule has 0 aromatic heterocycles. The third kappa shape index (κ3) is 6.12. The molecule has 1 amide bonds. The number of hydrogen-bond donors (Lipinski definition) is 0. The molecule has 0 heterocycles. The molecular weight excluding hydrogens is 448 g/mol. The van der Waals surface area contributed by atoms with E-state index in [0.717, 1.165) is 12.1 Å². The highest BCUT2D eigenvalue weighted by Crippen LogP contribution is 2.37. The maximum absolute atomic E-state index is 13.3. The third-order valence-electron chi connectivity index (χ3n) is 3.80. The standard InChI is InChI=1S/C21H20BrF2NO4/c1-4-28-19-10-13(9-15(22)21(19)29-12-20(27)25(2)3)5-8-18(26)14-6-7-16(23)17(24)11-14/h5-11H,4,12H2,1-3H3. The zero-order chi connectivity index (χ0) is 21.6. The normalized spacial score (nSPS) is 10.8. The van der Waals surface area contributed by atoms with Crippen LogP contribution in [-0.2, 0) is 4.79 Å². The number of allylic oxidation sites excluding steroid dienone is 1. The first-order valence-corrected chi connectivity index (χ1v) is 9.49. The zero-order valence-corrected chi connectivity index (χ0v) is 17.8. The summed E-state index contributed by atoms with van der Waals surface area (Å²) in [6.07, 6.45) is 2.77. The highest BCUT2D eigenvalue weighted by Gasteiger charge is 2.14. The number of hydrogen-bond acceptors (Lipinski definition) is 4. The maximum Gasteiger partial charge on any atom is 0.259 e. The number of ether oxygens (including phenoxy) is 2. The molecule has 154 valence electrons. The van der Waals surface area contributed by atoms with Gasteiger partial charge in [-0.3, -0.25) is 9.59 Å². The van der Waals surface area contributed by atoms with Gasteiger partial charge in [0.15, 0.2) is 35.5 Å². The number of rotatable bonds is 8. The lowest BCUT2D eigenvalue weighted by Crippen LogP contribution is -2.27. The van der Waals surface area contributed by atoms with Crippen molar-refractivity contribution in [1.29, 1.82) is 0 Å². The van der Waals surface area contributed by atoms with Gasteiger partial charge in [-0.25, -0.2) is 8.78 Å². The van der Waals surface area contributed by atoms with Crippen molar-refractivity contribution in [1.82, 2.24) is 4.90 Å². The van der Waals surface area contributed by atoms with Gasteiger partial charge in [-0.15, -0.1) is 0 Å². The Kier molecular flexibility index (Phi) is 7.90. The van der Waals surface area contributed by atoms with Gasteiger partial charge in [-0.2, -0.15) is 0 Å². The Morgan fingerprint density at radius 1 is 1.10 bits per heavy atom. The van der Waals surface area contributed by atoms with Crippen LogP contribution in [0.3, 0.4) is 0 Å². The number of ketones is 1. The monoisotopic (exact) mass is 467 g/mol. The number of amides is 1. The summed E-state index contributed by atoms with van der Waals surface area (Å²) in [7, 11) is 3.25. The molecule has 0 saturated carbocycles. The summed E-state index contributed by atoms with van der Waals surface area (Å²) >= 11 is 3.38. The Morgan fingerprint density at radius 3 is 2.45 bits per heavy atom. The highest BCUT2D eigenvalue weighted by atomic mass is 79.9. The lowest BCUT2D eigenvalue weighted by Gasteiger charge is -2.16. The zero-order valence-electron chi connectivity index (χ0n) is 16.2. The van der Waals surface area contributed by atoms with Gasteiger partial charge in [0.2, 0.25) is 0 Å². The molecule has 0 radical (unpaired) electrons. The fourth-order valence-corrected chi connectivity index (χ4v) is 2.84. The Balaban J connectivity index is 2.24. The van der Waals surface area contributed by atoms with Crippen LogP contribution in [0.25, 0.3) is 6.08 Å². The van der Waals surface area contributed by atoms with E-state index < -0.39 is 17.4 Å². The smallest absolute Gasteiger partial charge is 0.259 e. The molecule has 2 aromatic carbocycles. The van der Waals surface area contributed by atoms with E-state index in [1.807, 2.05) is 0 Å². The Labute approximate surface area is 176 Å². The van der Waals surface area contributed by atoms with E-state index >= 15 is 0 Å². The molecule has 0 saturated heterocycles. The fourth-order valence-electron chi connectivity index (χ4n) is 2.27. The number of likely N-dealkylation sites (N-methyl/N-ethyl adjacent to an activating group) is 1. The van der Waals surface area contributed by atoms with Crippen molar-refractivity contribution >= 4 is 33.7 Å². The lowest BCUT2D eigenvalue weighted by atomic mass is 10.1. The van der Waals surface area contributed by atoms with Crippen LogP contribution in [0.2, 0.25) is 0 Å². The number of carbonyl (C=O) groups is 2. The fraction of sp³-hybridized carbons (Fsp3) is 0.238. The van der Waals surface area contributed by atoms with E-state index in [1.54, 1.807) is 33.2 Å². The summed E-state index contributed by atoms with van der Waals surface area (Å²) in [5.74, 6) is -2.02. The molecule has 0 unspecified atom stereocenters. The van der Waals surface area contributed by atoms with Gasteiger partial charge in [0.1, 0.15) is 0 Å². The van der Waals surface area contributed by atoms with Crippen molar-refractivity contribution < 1.29 is 27.8 Å². The van der Waals surface area contributed by atoms with Crippen molar-refractivity contribution in [3.8, 4) is 11.5 Å². The van der Waals surface area contributed by atoms with Crippen LogP contribution >= 0.6 is 15.9 Å². The van der Waals surface area contributed by atoms with E-state index in [1.165, 1.54) is 23.1 Å². The van der Waals surface area contributed by atoms with Crippen LogP contribution in [-0.4, -0.2) is 43.9 Å². The van der Waals surface area contributed by atoms with Crippen molar-refractivity contribution in [3.63, 3.8) is 0 Å². The van der Waals surface area contributed by atoms with Crippen molar-refractivity contribution in [2.75, 3.05) is 27.3 Å². The molecule has 2 aromatic rings. The van der Waals surface area contributed by atoms with Gasteiger partial charge < -0.3 is 14.4 Å². The van der Waals surface area contributed by atoms with Gasteiger partial charge in [0.25, 0.3) is 5.91 Å². The van der Waals surface area contributed by atoms with Crippen LogP contribution in [0.15, 0.2) is 40.9 Å². The molecule has 8 heteroatoms. The second-order valence-electron chi connectivity index (χ2n) is 6.17. The first-order chi connectivity index (χ1) is 13.7. The van der Waals surface area contributed by atoms with E-state index in [-0.39, 0.29) is 18.1 Å². The highest BCUT2D eigenvalue weighted by molar-refractivity contribution is 9.10. The summed E-state index contributed by atoms with van der Waals surface area (Å²) in [5, 5.41) is 0.